The first kappa shape index (κ1) is 11.5. The molecular weight excluding hydrogens is 215 g/mol. The molecule has 7 heteroatoms. The molecular formula is C6H12CoN6. The molecule has 6 nitrogen and oxygen atoms in total. The molecule has 0 spiro atoms. The Morgan fingerprint density at radius 3 is 0.538 bits per heavy atom. The molecule has 75 valence electrons. The van der Waals surface area contributed by atoms with E-state index in [4.69, 9.17) is 34.4 Å². The zero-order chi connectivity index (χ0) is 9.46. The first-order chi connectivity index (χ1) is 5.46. The molecule has 0 atom stereocenters. The molecule has 0 unspecified atom stereocenters. The van der Waals surface area contributed by atoms with Gasteiger partial charge in [0.25, 0.3) is 0 Å². The quantitative estimate of drug-likeness (QED) is 0.318. The molecule has 0 aliphatic carbocycles. The molecule has 0 aromatic heterocycles. The summed E-state index contributed by atoms with van der Waals surface area (Å²) in [5.74, 6) is 0. The van der Waals surface area contributed by atoms with Crippen molar-refractivity contribution in [2.75, 3.05) is 34.4 Å². The van der Waals surface area contributed by atoms with E-state index in [1.54, 1.807) is 0 Å². The predicted molar refractivity (Wildman–Crippen MR) is 52.9 cm³/mol. The van der Waals surface area contributed by atoms with Crippen LogP contribution in [-0.2, 0) is 16.8 Å². The summed E-state index contributed by atoms with van der Waals surface area (Å²) < 4.78 is 0. The van der Waals surface area contributed by atoms with E-state index in [-0.39, 0.29) is 50.9 Å². The predicted octanol–water partition coefficient (Wildman–Crippen LogP) is -0.823. The first-order valence-corrected chi connectivity index (χ1v) is 3.23. The second-order valence-corrected chi connectivity index (χ2v) is 2.48. The molecule has 0 aliphatic heterocycles. The monoisotopic (exact) mass is 227 g/mol. The number of hydrogen-bond acceptors (Lipinski definition) is 6. The summed E-state index contributed by atoms with van der Waals surface area (Å²) in [6.07, 6.45) is 0. The fraction of sp³-hybridized carbons (Fsp3) is 0. The Morgan fingerprint density at radius 2 is 0.462 bits per heavy atom. The maximum Gasteiger partial charge on any atom is 0.0825 e. The molecule has 0 amide bonds. The van der Waals surface area contributed by atoms with Crippen molar-refractivity contribution in [3.05, 3.63) is 0 Å². The Hall–Kier alpha value is -1.47. The smallest absolute Gasteiger partial charge is 0.0825 e. The van der Waals surface area contributed by atoms with E-state index >= 15 is 0 Å². The fourth-order valence-corrected chi connectivity index (χ4v) is 0.871. The number of anilines is 6. The van der Waals surface area contributed by atoms with Gasteiger partial charge in [0.15, 0.2) is 0 Å². The first-order valence-electron chi connectivity index (χ1n) is 3.23. The van der Waals surface area contributed by atoms with Gasteiger partial charge in [0, 0.05) is 16.8 Å². The zero-order valence-electron chi connectivity index (χ0n) is 6.80. The summed E-state index contributed by atoms with van der Waals surface area (Å²) in [5, 5.41) is 0. The van der Waals surface area contributed by atoms with Crippen molar-refractivity contribution in [3.8, 4) is 0 Å². The third-order valence-corrected chi connectivity index (χ3v) is 1.74. The minimum Gasteiger partial charge on any atom is -0.395 e. The van der Waals surface area contributed by atoms with Crippen LogP contribution in [0.3, 0.4) is 0 Å². The number of benzene rings is 1. The van der Waals surface area contributed by atoms with Crippen molar-refractivity contribution < 1.29 is 16.8 Å². The Balaban J connectivity index is 0.00000144. The second kappa shape index (κ2) is 3.50. The molecule has 1 rings (SSSR count). The largest absolute Gasteiger partial charge is 0.395 e. The molecule has 0 heterocycles. The van der Waals surface area contributed by atoms with Crippen LogP contribution in [0.2, 0.25) is 0 Å². The van der Waals surface area contributed by atoms with Crippen molar-refractivity contribution in [2.45, 2.75) is 0 Å². The fourth-order valence-electron chi connectivity index (χ4n) is 0.871. The van der Waals surface area contributed by atoms with Gasteiger partial charge in [0.2, 0.25) is 0 Å². The van der Waals surface area contributed by atoms with E-state index in [2.05, 4.69) is 0 Å². The van der Waals surface area contributed by atoms with Gasteiger partial charge in [-0.1, -0.05) is 0 Å². The van der Waals surface area contributed by atoms with Gasteiger partial charge in [-0.25, -0.2) is 0 Å². The molecule has 1 radical (unpaired) electrons. The topological polar surface area (TPSA) is 156 Å². The van der Waals surface area contributed by atoms with Crippen molar-refractivity contribution in [1.29, 1.82) is 0 Å². The summed E-state index contributed by atoms with van der Waals surface area (Å²) in [4.78, 5) is 0. The summed E-state index contributed by atoms with van der Waals surface area (Å²) >= 11 is 0. The van der Waals surface area contributed by atoms with E-state index in [1.807, 2.05) is 0 Å². The minimum atomic E-state index is 0. The minimum absolute atomic E-state index is 0. The number of nitrogens with two attached hydrogens (primary N) is 6. The van der Waals surface area contributed by atoms with Gasteiger partial charge in [0.1, 0.15) is 0 Å². The van der Waals surface area contributed by atoms with Crippen molar-refractivity contribution >= 4 is 34.1 Å². The van der Waals surface area contributed by atoms with Gasteiger partial charge < -0.3 is 34.4 Å². The van der Waals surface area contributed by atoms with Crippen LogP contribution in [0.15, 0.2) is 0 Å². The van der Waals surface area contributed by atoms with E-state index in [0.717, 1.165) is 0 Å². The summed E-state index contributed by atoms with van der Waals surface area (Å²) in [6, 6.07) is 0. The SMILES string of the molecule is Nc1c(N)c(N)c(N)c(N)c1N.[Co]. The maximum atomic E-state index is 5.49. The number of nitrogen functional groups attached to an aromatic ring is 6. The van der Waals surface area contributed by atoms with E-state index in [9.17, 15) is 0 Å². The molecule has 0 fully saturated rings. The summed E-state index contributed by atoms with van der Waals surface area (Å²) in [5.41, 5.74) is 34.0. The average molecular weight is 227 g/mol. The van der Waals surface area contributed by atoms with E-state index in [1.165, 1.54) is 0 Å². The van der Waals surface area contributed by atoms with Gasteiger partial charge in [0.05, 0.1) is 34.1 Å². The van der Waals surface area contributed by atoms with Gasteiger partial charge in [-0.15, -0.1) is 0 Å². The third kappa shape index (κ3) is 1.51. The molecule has 1 aromatic carbocycles. The standard InChI is InChI=1S/C6H12N6.Co/c7-1-2(8)4(10)6(12)5(11)3(1)9;/h7-12H2;. The second-order valence-electron chi connectivity index (χ2n) is 2.48. The van der Waals surface area contributed by atoms with Gasteiger partial charge in [-0.2, -0.15) is 0 Å². The Bertz CT molecular complexity index is 231. The molecule has 12 N–H and O–H groups in total. The van der Waals surface area contributed by atoms with E-state index in [0.29, 0.717) is 0 Å². The van der Waals surface area contributed by atoms with Gasteiger partial charge in [-0.05, 0) is 0 Å². The Kier molecular flexibility index (Phi) is 3.10. The van der Waals surface area contributed by atoms with Gasteiger partial charge >= 0.3 is 0 Å². The van der Waals surface area contributed by atoms with Crippen molar-refractivity contribution in [2.24, 2.45) is 0 Å². The molecule has 0 saturated heterocycles. The van der Waals surface area contributed by atoms with Crippen LogP contribution in [-0.4, -0.2) is 0 Å². The summed E-state index contributed by atoms with van der Waals surface area (Å²) in [6.45, 7) is 0. The van der Waals surface area contributed by atoms with Crippen molar-refractivity contribution in [1.82, 2.24) is 0 Å². The van der Waals surface area contributed by atoms with E-state index < -0.39 is 0 Å². The molecule has 13 heavy (non-hydrogen) atoms. The van der Waals surface area contributed by atoms with Crippen LogP contribution in [0.1, 0.15) is 0 Å². The number of hydrogen-bond donors (Lipinski definition) is 6. The third-order valence-electron chi connectivity index (χ3n) is 1.74. The molecule has 0 bridgehead atoms. The molecule has 1 aromatic rings. The van der Waals surface area contributed by atoms with Crippen LogP contribution in [0.4, 0.5) is 34.1 Å². The maximum absolute atomic E-state index is 5.49. The Morgan fingerprint density at radius 1 is 0.385 bits per heavy atom. The normalized spacial score (nSPS) is 9.23. The van der Waals surface area contributed by atoms with Crippen LogP contribution in [0, 0.1) is 0 Å². The van der Waals surface area contributed by atoms with Crippen LogP contribution < -0.4 is 34.4 Å². The van der Waals surface area contributed by atoms with Crippen LogP contribution in [0.5, 0.6) is 0 Å². The van der Waals surface area contributed by atoms with Crippen molar-refractivity contribution in [3.63, 3.8) is 0 Å². The summed E-state index contributed by atoms with van der Waals surface area (Å²) in [7, 11) is 0. The molecule has 0 aliphatic rings. The number of rotatable bonds is 0. The Labute approximate surface area is 85.8 Å². The van der Waals surface area contributed by atoms with Crippen LogP contribution in [0.25, 0.3) is 0 Å². The van der Waals surface area contributed by atoms with Crippen LogP contribution >= 0.6 is 0 Å². The molecule has 0 saturated carbocycles. The van der Waals surface area contributed by atoms with Gasteiger partial charge in [-0.3, -0.25) is 0 Å². The average Bonchev–Trinajstić information content (AvgIpc) is 2.08. The zero-order valence-corrected chi connectivity index (χ0v) is 7.84.